The van der Waals surface area contributed by atoms with Gasteiger partial charge >= 0.3 is 0 Å². The van der Waals surface area contributed by atoms with E-state index in [0.29, 0.717) is 0 Å². The lowest BCUT2D eigenvalue weighted by atomic mass is 10.0. The normalized spacial score (nSPS) is 12.0. The third-order valence-corrected chi connectivity index (χ3v) is 12.9. The number of para-hydroxylation sites is 2. The molecule has 4 heterocycles. The highest BCUT2D eigenvalue weighted by atomic mass is 32.1. The van der Waals surface area contributed by atoms with Crippen molar-refractivity contribution in [2.24, 2.45) is 0 Å². The van der Waals surface area contributed by atoms with Gasteiger partial charge in [-0.1, -0.05) is 97.1 Å². The number of fused-ring (bicyclic) bond motifs is 11. The Balaban J connectivity index is 1.04. The molecule has 0 aliphatic heterocycles. The number of furan rings is 2. The molecule has 0 bridgehead atoms. The predicted octanol–water partition coefficient (Wildman–Crippen LogP) is 15.3. The van der Waals surface area contributed by atoms with Crippen LogP contribution in [0.1, 0.15) is 0 Å². The van der Waals surface area contributed by atoms with Crippen molar-refractivity contribution < 1.29 is 8.83 Å². The highest BCUT2D eigenvalue weighted by Gasteiger charge is 2.21. The van der Waals surface area contributed by atoms with E-state index in [0.717, 1.165) is 88.2 Å². The van der Waals surface area contributed by atoms with Gasteiger partial charge in [-0.2, -0.15) is 0 Å². The number of hydrogen-bond donors (Lipinski definition) is 0. The second-order valence-corrected chi connectivity index (χ2v) is 16.0. The third kappa shape index (κ3) is 4.79. The van der Waals surface area contributed by atoms with Crippen LogP contribution in [0.5, 0.6) is 0 Å². The number of nitrogens with zero attached hydrogens (tertiary/aromatic N) is 2. The van der Waals surface area contributed by atoms with Gasteiger partial charge < -0.3 is 13.7 Å². The summed E-state index contributed by atoms with van der Waals surface area (Å²) in [4.78, 5) is 7.62. The summed E-state index contributed by atoms with van der Waals surface area (Å²) in [6.45, 7) is 0. The van der Waals surface area contributed by atoms with Gasteiger partial charge in [0, 0.05) is 82.0 Å². The largest absolute Gasteiger partial charge is 0.456 e. The van der Waals surface area contributed by atoms with Crippen LogP contribution in [-0.2, 0) is 0 Å². The van der Waals surface area contributed by atoms with Crippen LogP contribution in [0, 0.1) is 0 Å². The number of thiazole rings is 1. The molecule has 55 heavy (non-hydrogen) atoms. The maximum Gasteiger partial charge on any atom is 0.137 e. The zero-order valence-corrected chi connectivity index (χ0v) is 30.8. The maximum atomic E-state index is 6.38. The summed E-state index contributed by atoms with van der Waals surface area (Å²) in [6, 6.07) is 59.9. The Bertz CT molecular complexity index is 3330. The number of hydrogen-bond acceptors (Lipinski definition) is 6. The fraction of sp³-hybridized carbons (Fsp3) is 0. The monoisotopic (exact) mass is 740 g/mol. The number of benzene rings is 8. The molecule has 0 aliphatic rings. The average molecular weight is 741 g/mol. The molecule has 0 radical (unpaired) electrons. The zero-order chi connectivity index (χ0) is 36.0. The molecular weight excluding hydrogens is 713 g/mol. The lowest BCUT2D eigenvalue weighted by molar-refractivity contribution is 0.669. The van der Waals surface area contributed by atoms with Crippen molar-refractivity contribution in [1.29, 1.82) is 0 Å². The van der Waals surface area contributed by atoms with Crippen molar-refractivity contribution >= 4 is 114 Å². The molecule has 4 nitrogen and oxygen atoms in total. The summed E-state index contributed by atoms with van der Waals surface area (Å²) < 4.78 is 16.6. The van der Waals surface area contributed by atoms with Crippen molar-refractivity contribution in [3.05, 3.63) is 170 Å². The van der Waals surface area contributed by atoms with Crippen LogP contribution in [0.3, 0.4) is 0 Å². The molecule has 12 aromatic rings. The van der Waals surface area contributed by atoms with Crippen LogP contribution in [0.4, 0.5) is 17.1 Å². The summed E-state index contributed by atoms with van der Waals surface area (Å²) in [5.74, 6) is 0. The summed E-state index contributed by atoms with van der Waals surface area (Å²) in [7, 11) is 0. The van der Waals surface area contributed by atoms with Crippen LogP contribution in [-0.4, -0.2) is 4.98 Å². The molecule has 6 heteroatoms. The minimum absolute atomic E-state index is 0.849. The van der Waals surface area contributed by atoms with Crippen molar-refractivity contribution in [2.45, 2.75) is 0 Å². The van der Waals surface area contributed by atoms with Gasteiger partial charge in [0.05, 0.1) is 10.2 Å². The van der Waals surface area contributed by atoms with Gasteiger partial charge in [0.1, 0.15) is 27.3 Å². The molecule has 258 valence electrons. The van der Waals surface area contributed by atoms with Crippen LogP contribution in [0.15, 0.2) is 179 Å². The lowest BCUT2D eigenvalue weighted by Gasteiger charge is -2.25. The van der Waals surface area contributed by atoms with E-state index in [1.807, 2.05) is 35.6 Å². The van der Waals surface area contributed by atoms with Gasteiger partial charge in [-0.3, -0.25) is 0 Å². The van der Waals surface area contributed by atoms with Crippen LogP contribution in [0.2, 0.25) is 0 Å². The van der Waals surface area contributed by atoms with Crippen LogP contribution < -0.4 is 4.90 Å². The minimum atomic E-state index is 0.849. The molecule has 0 fully saturated rings. The number of anilines is 3. The summed E-state index contributed by atoms with van der Waals surface area (Å²) in [5, 5.41) is 8.04. The van der Waals surface area contributed by atoms with E-state index < -0.39 is 0 Å². The number of thiophene rings is 1. The van der Waals surface area contributed by atoms with E-state index >= 15 is 0 Å². The smallest absolute Gasteiger partial charge is 0.137 e. The molecule has 0 saturated carbocycles. The van der Waals surface area contributed by atoms with E-state index in [1.165, 1.54) is 24.9 Å². The topological polar surface area (TPSA) is 42.4 Å². The van der Waals surface area contributed by atoms with E-state index in [9.17, 15) is 0 Å². The molecule has 0 atom stereocenters. The van der Waals surface area contributed by atoms with E-state index in [4.69, 9.17) is 13.8 Å². The maximum absolute atomic E-state index is 6.38. The Morgan fingerprint density at radius 3 is 1.65 bits per heavy atom. The Hall–Kier alpha value is -6.73. The minimum Gasteiger partial charge on any atom is -0.456 e. The van der Waals surface area contributed by atoms with E-state index in [1.54, 1.807) is 11.3 Å². The lowest BCUT2D eigenvalue weighted by Crippen LogP contribution is -2.09. The fourth-order valence-electron chi connectivity index (χ4n) is 8.14. The first kappa shape index (κ1) is 30.7. The molecule has 8 aromatic carbocycles. The molecule has 0 aliphatic carbocycles. The third-order valence-electron chi connectivity index (χ3n) is 10.7. The van der Waals surface area contributed by atoms with E-state index in [-0.39, 0.29) is 0 Å². The summed E-state index contributed by atoms with van der Waals surface area (Å²) in [5.41, 5.74) is 10.9. The Labute approximate surface area is 322 Å². The predicted molar refractivity (Wildman–Crippen MR) is 233 cm³/mol. The zero-order valence-electron chi connectivity index (χ0n) is 29.2. The first-order chi connectivity index (χ1) is 27.2. The molecule has 4 aromatic heterocycles. The highest BCUT2D eigenvalue weighted by Crippen LogP contribution is 2.47. The van der Waals surface area contributed by atoms with Gasteiger partial charge in [0.2, 0.25) is 0 Å². The van der Waals surface area contributed by atoms with Crippen molar-refractivity contribution in [2.75, 3.05) is 4.90 Å². The van der Waals surface area contributed by atoms with Crippen molar-refractivity contribution in [3.63, 3.8) is 0 Å². The summed E-state index contributed by atoms with van der Waals surface area (Å²) in [6.07, 6.45) is 0. The molecule has 0 saturated heterocycles. The Morgan fingerprint density at radius 2 is 0.982 bits per heavy atom. The molecule has 0 spiro atoms. The second kappa shape index (κ2) is 11.9. The Kier molecular flexibility index (Phi) is 6.64. The molecular formula is C49H28N2O2S2. The van der Waals surface area contributed by atoms with Gasteiger partial charge in [0.15, 0.2) is 0 Å². The number of rotatable bonds is 5. The van der Waals surface area contributed by atoms with Crippen molar-refractivity contribution in [1.82, 2.24) is 4.98 Å². The van der Waals surface area contributed by atoms with Crippen molar-refractivity contribution in [3.8, 4) is 21.7 Å². The summed E-state index contributed by atoms with van der Waals surface area (Å²) >= 11 is 3.64. The second-order valence-electron chi connectivity index (χ2n) is 13.9. The molecule has 0 amide bonds. The fourth-order valence-corrected chi connectivity index (χ4v) is 10.5. The number of aromatic nitrogens is 1. The average Bonchev–Trinajstić information content (AvgIpc) is 4.02. The molecule has 0 unspecified atom stereocenters. The van der Waals surface area contributed by atoms with Gasteiger partial charge in [-0.15, -0.1) is 22.7 Å². The highest BCUT2D eigenvalue weighted by molar-refractivity contribution is 7.28. The molecule has 0 N–H and O–H groups in total. The van der Waals surface area contributed by atoms with Crippen LogP contribution in [0.25, 0.3) is 96.0 Å². The first-order valence-electron chi connectivity index (χ1n) is 18.3. The van der Waals surface area contributed by atoms with E-state index in [2.05, 4.69) is 150 Å². The first-order valence-corrected chi connectivity index (χ1v) is 19.9. The quantitative estimate of drug-likeness (QED) is 0.176. The molecule has 12 rings (SSSR count). The standard InChI is InChI=1S/C49H28N2O2S2/c1-2-10-30(11-3-1)49-50-47-39(28-45-46(48(47)55-49)38-14-6-9-17-44(38)54-45)29-18-20-31(21-19-29)51(32-22-24-36-34-12-4-7-15-40(34)52-42(36)26-32)33-23-25-37-35-13-5-8-16-41(35)53-43(37)27-33/h1-28H. The van der Waals surface area contributed by atoms with Crippen LogP contribution >= 0.6 is 22.7 Å². The Morgan fingerprint density at radius 1 is 0.418 bits per heavy atom. The SMILES string of the molecule is c1ccc(-c2nc3c(-c4ccc(N(c5ccc6c(c5)oc5ccccc56)c5ccc6c(c5)oc5ccccc56)cc4)cc4sc5ccccc5c4c3s2)cc1. The van der Waals surface area contributed by atoms with Gasteiger partial charge in [-0.25, -0.2) is 4.98 Å². The van der Waals surface area contributed by atoms with Gasteiger partial charge in [-0.05, 0) is 66.2 Å². The van der Waals surface area contributed by atoms with Gasteiger partial charge in [0.25, 0.3) is 0 Å².